The van der Waals surface area contributed by atoms with E-state index in [1.165, 1.54) is 4.57 Å². The highest BCUT2D eigenvalue weighted by atomic mass is 16.1. The Morgan fingerprint density at radius 3 is 2.56 bits per heavy atom. The Kier molecular flexibility index (Phi) is 2.42. The third-order valence-corrected chi connectivity index (χ3v) is 2.67. The first kappa shape index (κ1) is 10.7. The third kappa shape index (κ3) is 1.46. The Morgan fingerprint density at radius 1 is 1.25 bits per heavy atom. The van der Waals surface area contributed by atoms with Crippen LogP contribution < -0.4 is 5.56 Å². The number of aryl methyl sites for hydroxylation is 1. The van der Waals surface area contributed by atoms with Crippen LogP contribution in [0.4, 0.5) is 0 Å². The molecule has 0 saturated heterocycles. The van der Waals surface area contributed by atoms with Gasteiger partial charge < -0.3 is 8.97 Å². The highest BCUT2D eigenvalue weighted by Crippen LogP contribution is 2.11. The third-order valence-electron chi connectivity index (χ3n) is 2.67. The van der Waals surface area contributed by atoms with Gasteiger partial charge in [0.1, 0.15) is 5.52 Å². The molecule has 4 heteroatoms. The molecule has 0 aliphatic carbocycles. The van der Waals surface area contributed by atoms with Crippen molar-refractivity contribution in [1.82, 2.24) is 8.97 Å². The van der Waals surface area contributed by atoms with Crippen LogP contribution in [0.25, 0.3) is 5.52 Å². The molecule has 2 aromatic rings. The van der Waals surface area contributed by atoms with Crippen LogP contribution >= 0.6 is 0 Å². The van der Waals surface area contributed by atoms with Gasteiger partial charge in [0, 0.05) is 25.4 Å². The molecule has 0 N–H and O–H groups in total. The van der Waals surface area contributed by atoms with Crippen LogP contribution in [0.15, 0.2) is 29.3 Å². The highest BCUT2D eigenvalue weighted by molar-refractivity contribution is 5.97. The van der Waals surface area contributed by atoms with E-state index in [-0.39, 0.29) is 17.3 Å². The summed E-state index contributed by atoms with van der Waals surface area (Å²) in [5.74, 6) is -0.0181. The predicted molar refractivity (Wildman–Crippen MR) is 61.8 cm³/mol. The molecule has 0 saturated carbocycles. The van der Waals surface area contributed by atoms with Gasteiger partial charge in [-0.1, -0.05) is 13.8 Å². The lowest BCUT2D eigenvalue weighted by Gasteiger charge is -2.05. The molecule has 2 aromatic heterocycles. The van der Waals surface area contributed by atoms with E-state index in [9.17, 15) is 9.59 Å². The van der Waals surface area contributed by atoms with Crippen LogP contribution in [0, 0.1) is 5.92 Å². The van der Waals surface area contributed by atoms with Crippen molar-refractivity contribution in [3.8, 4) is 0 Å². The van der Waals surface area contributed by atoms with Crippen molar-refractivity contribution in [2.75, 3.05) is 0 Å². The van der Waals surface area contributed by atoms with Crippen molar-refractivity contribution in [2.45, 2.75) is 13.8 Å². The van der Waals surface area contributed by atoms with Crippen LogP contribution in [0.2, 0.25) is 0 Å². The molecule has 4 nitrogen and oxygen atoms in total. The summed E-state index contributed by atoms with van der Waals surface area (Å²) in [4.78, 5) is 23.7. The molecule has 2 rings (SSSR count). The molecule has 0 amide bonds. The van der Waals surface area contributed by atoms with Gasteiger partial charge in [0.15, 0.2) is 5.78 Å². The zero-order valence-corrected chi connectivity index (χ0v) is 9.60. The van der Waals surface area contributed by atoms with E-state index in [0.717, 1.165) is 0 Å². The molecular formula is C12H14N2O2. The fourth-order valence-corrected chi connectivity index (χ4v) is 1.69. The summed E-state index contributed by atoms with van der Waals surface area (Å²) in [5.41, 5.74) is 1.02. The lowest BCUT2D eigenvalue weighted by molar-refractivity contribution is 0.0933. The lowest BCUT2D eigenvalue weighted by Crippen LogP contribution is -2.19. The molecule has 0 spiro atoms. The van der Waals surface area contributed by atoms with E-state index in [2.05, 4.69) is 0 Å². The summed E-state index contributed by atoms with van der Waals surface area (Å²) in [6.45, 7) is 3.70. The summed E-state index contributed by atoms with van der Waals surface area (Å²) in [5, 5.41) is 0. The van der Waals surface area contributed by atoms with E-state index < -0.39 is 0 Å². The maximum absolute atomic E-state index is 11.9. The number of Topliss-reactive ketones (excluding diaryl/α,β-unsaturated/α-hetero) is 1. The standard InChI is InChI=1S/C12H14N2O2/c1-8(2)11(15)9-4-5-10-12(16)13(3)6-7-14(9)10/h4-8H,1-3H3. The van der Waals surface area contributed by atoms with Crippen molar-refractivity contribution in [3.63, 3.8) is 0 Å². The van der Waals surface area contributed by atoms with Crippen molar-refractivity contribution >= 4 is 11.3 Å². The molecule has 0 atom stereocenters. The SMILES string of the molecule is CC(C)C(=O)c1ccc2c(=O)n(C)ccn12. The molecule has 0 aliphatic rings. The Morgan fingerprint density at radius 2 is 1.94 bits per heavy atom. The lowest BCUT2D eigenvalue weighted by atomic mass is 10.1. The Bertz CT molecular complexity index is 605. The summed E-state index contributed by atoms with van der Waals surface area (Å²) in [6, 6.07) is 3.40. The van der Waals surface area contributed by atoms with Crippen LogP contribution in [-0.2, 0) is 7.05 Å². The minimum atomic E-state index is -0.0923. The maximum atomic E-state index is 11.9. The Balaban J connectivity index is 2.72. The van der Waals surface area contributed by atoms with Gasteiger partial charge in [-0.2, -0.15) is 0 Å². The number of rotatable bonds is 2. The van der Waals surface area contributed by atoms with Crippen LogP contribution in [0.3, 0.4) is 0 Å². The van der Waals surface area contributed by atoms with Crippen LogP contribution in [0.1, 0.15) is 24.3 Å². The zero-order valence-electron chi connectivity index (χ0n) is 9.60. The predicted octanol–water partition coefficient (Wildman–Crippen LogP) is 1.48. The fourth-order valence-electron chi connectivity index (χ4n) is 1.69. The van der Waals surface area contributed by atoms with Crippen molar-refractivity contribution in [1.29, 1.82) is 0 Å². The maximum Gasteiger partial charge on any atom is 0.274 e. The summed E-state index contributed by atoms with van der Waals surface area (Å²) in [6.07, 6.45) is 3.40. The van der Waals surface area contributed by atoms with Crippen molar-refractivity contribution < 1.29 is 4.79 Å². The summed E-state index contributed by atoms with van der Waals surface area (Å²) < 4.78 is 3.16. The molecule has 0 aliphatic heterocycles. The summed E-state index contributed by atoms with van der Waals surface area (Å²) in [7, 11) is 1.69. The van der Waals surface area contributed by atoms with E-state index in [1.54, 1.807) is 36.0 Å². The molecule has 0 bridgehead atoms. The second kappa shape index (κ2) is 3.63. The molecule has 0 aromatic carbocycles. The number of aromatic nitrogens is 2. The van der Waals surface area contributed by atoms with Gasteiger partial charge in [-0.25, -0.2) is 0 Å². The van der Waals surface area contributed by atoms with Crippen LogP contribution in [-0.4, -0.2) is 14.8 Å². The largest absolute Gasteiger partial charge is 0.315 e. The highest BCUT2D eigenvalue weighted by Gasteiger charge is 2.15. The van der Waals surface area contributed by atoms with Gasteiger partial charge in [0.25, 0.3) is 5.56 Å². The number of carbonyl (C=O) groups excluding carboxylic acids is 1. The minimum absolute atomic E-state index is 0.0493. The monoisotopic (exact) mass is 218 g/mol. The van der Waals surface area contributed by atoms with Crippen molar-refractivity contribution in [2.24, 2.45) is 13.0 Å². The number of carbonyl (C=O) groups is 1. The molecule has 0 fully saturated rings. The number of nitrogens with zero attached hydrogens (tertiary/aromatic N) is 2. The number of fused-ring (bicyclic) bond motifs is 1. The van der Waals surface area contributed by atoms with Gasteiger partial charge >= 0.3 is 0 Å². The van der Waals surface area contributed by atoms with E-state index in [1.807, 2.05) is 13.8 Å². The number of hydrogen-bond acceptors (Lipinski definition) is 2. The molecule has 0 unspecified atom stereocenters. The second-order valence-electron chi connectivity index (χ2n) is 4.21. The van der Waals surface area contributed by atoms with Gasteiger partial charge in [-0.05, 0) is 12.1 Å². The Hall–Kier alpha value is -1.84. The summed E-state index contributed by atoms with van der Waals surface area (Å²) >= 11 is 0. The number of hydrogen-bond donors (Lipinski definition) is 0. The fraction of sp³-hybridized carbons (Fsp3) is 0.333. The zero-order chi connectivity index (χ0) is 11.9. The van der Waals surface area contributed by atoms with Gasteiger partial charge in [-0.15, -0.1) is 0 Å². The smallest absolute Gasteiger partial charge is 0.274 e. The first-order chi connectivity index (χ1) is 7.52. The average molecular weight is 218 g/mol. The molecule has 16 heavy (non-hydrogen) atoms. The molecule has 0 radical (unpaired) electrons. The van der Waals surface area contributed by atoms with E-state index in [4.69, 9.17) is 0 Å². The first-order valence-electron chi connectivity index (χ1n) is 5.23. The normalized spacial score (nSPS) is 11.2. The topological polar surface area (TPSA) is 43.5 Å². The van der Waals surface area contributed by atoms with Crippen molar-refractivity contribution in [3.05, 3.63) is 40.6 Å². The minimum Gasteiger partial charge on any atom is -0.315 e. The van der Waals surface area contributed by atoms with E-state index in [0.29, 0.717) is 11.2 Å². The van der Waals surface area contributed by atoms with Gasteiger partial charge in [0.2, 0.25) is 0 Å². The van der Waals surface area contributed by atoms with Gasteiger partial charge in [0.05, 0.1) is 5.69 Å². The first-order valence-corrected chi connectivity index (χ1v) is 5.23. The molecular weight excluding hydrogens is 204 g/mol. The quantitative estimate of drug-likeness (QED) is 0.716. The van der Waals surface area contributed by atoms with E-state index >= 15 is 0 Å². The molecule has 84 valence electrons. The number of ketones is 1. The van der Waals surface area contributed by atoms with Gasteiger partial charge in [-0.3, -0.25) is 9.59 Å². The average Bonchev–Trinajstić information content (AvgIpc) is 2.66. The molecule has 2 heterocycles. The van der Waals surface area contributed by atoms with Crippen LogP contribution in [0.5, 0.6) is 0 Å². The Labute approximate surface area is 93.1 Å². The second-order valence-corrected chi connectivity index (χ2v) is 4.21.